The van der Waals surface area contributed by atoms with E-state index < -0.39 is 17.2 Å². The Morgan fingerprint density at radius 2 is 1.65 bits per heavy atom. The van der Waals surface area contributed by atoms with E-state index in [1.54, 1.807) is 24.4 Å². The standard InChI is InChI=1S/C16H14F3N/c17-16(18,19)13-7-2-1-6-12(13)15(9-5-10-15)14-8-3-4-11-20-14/h1-4,6-8,11H,5,9-10H2. The Balaban J connectivity index is 2.17. The van der Waals surface area contributed by atoms with Crippen LogP contribution in [0.4, 0.5) is 13.2 Å². The molecule has 0 N–H and O–H groups in total. The number of alkyl halides is 3. The number of hydrogen-bond donors (Lipinski definition) is 0. The van der Waals surface area contributed by atoms with Crippen molar-refractivity contribution < 1.29 is 13.2 Å². The van der Waals surface area contributed by atoms with E-state index in [0.717, 1.165) is 25.0 Å². The lowest BCUT2D eigenvalue weighted by molar-refractivity contribution is -0.139. The molecular weight excluding hydrogens is 263 g/mol. The maximum absolute atomic E-state index is 13.2. The first-order valence-corrected chi connectivity index (χ1v) is 6.62. The molecule has 1 nitrogen and oxygen atoms in total. The Labute approximate surface area is 115 Å². The van der Waals surface area contributed by atoms with Crippen LogP contribution in [0.3, 0.4) is 0 Å². The van der Waals surface area contributed by atoms with Crippen molar-refractivity contribution in [2.75, 3.05) is 0 Å². The summed E-state index contributed by atoms with van der Waals surface area (Å²) >= 11 is 0. The second-order valence-electron chi connectivity index (χ2n) is 5.19. The van der Waals surface area contributed by atoms with E-state index in [0.29, 0.717) is 5.56 Å². The Kier molecular flexibility index (Phi) is 3.04. The first kappa shape index (κ1) is 13.2. The summed E-state index contributed by atoms with van der Waals surface area (Å²) in [6, 6.07) is 11.3. The van der Waals surface area contributed by atoms with Crippen LogP contribution in [-0.2, 0) is 11.6 Å². The second kappa shape index (κ2) is 4.62. The third-order valence-electron chi connectivity index (χ3n) is 4.11. The van der Waals surface area contributed by atoms with E-state index in [4.69, 9.17) is 0 Å². The van der Waals surface area contributed by atoms with Crippen molar-refractivity contribution >= 4 is 0 Å². The van der Waals surface area contributed by atoms with E-state index in [-0.39, 0.29) is 0 Å². The van der Waals surface area contributed by atoms with Gasteiger partial charge in [0.1, 0.15) is 0 Å². The highest BCUT2D eigenvalue weighted by Crippen LogP contribution is 2.51. The van der Waals surface area contributed by atoms with Crippen LogP contribution in [0, 0.1) is 0 Å². The Morgan fingerprint density at radius 3 is 2.20 bits per heavy atom. The van der Waals surface area contributed by atoms with Crippen molar-refractivity contribution in [2.24, 2.45) is 0 Å². The molecule has 104 valence electrons. The molecule has 1 fully saturated rings. The molecule has 0 amide bonds. The van der Waals surface area contributed by atoms with Crippen LogP contribution in [0.1, 0.15) is 36.1 Å². The molecule has 4 heteroatoms. The molecule has 1 aliphatic rings. The van der Waals surface area contributed by atoms with Crippen molar-refractivity contribution in [2.45, 2.75) is 30.9 Å². The maximum atomic E-state index is 13.2. The molecule has 0 radical (unpaired) electrons. The van der Waals surface area contributed by atoms with Gasteiger partial charge in [-0.2, -0.15) is 13.2 Å². The number of rotatable bonds is 2. The summed E-state index contributed by atoms with van der Waals surface area (Å²) in [5.41, 5.74) is -0.0151. The zero-order valence-corrected chi connectivity index (χ0v) is 10.8. The molecule has 20 heavy (non-hydrogen) atoms. The molecule has 1 aromatic carbocycles. The summed E-state index contributed by atoms with van der Waals surface area (Å²) in [4.78, 5) is 4.31. The molecule has 1 aliphatic carbocycles. The van der Waals surface area contributed by atoms with E-state index in [2.05, 4.69) is 4.98 Å². The van der Waals surface area contributed by atoms with Crippen molar-refractivity contribution in [3.05, 3.63) is 65.5 Å². The van der Waals surface area contributed by atoms with Crippen LogP contribution in [0.2, 0.25) is 0 Å². The predicted octanol–water partition coefficient (Wildman–Crippen LogP) is 4.57. The molecule has 0 saturated heterocycles. The highest BCUT2D eigenvalue weighted by molar-refractivity contribution is 5.44. The average molecular weight is 277 g/mol. The molecule has 2 aromatic rings. The van der Waals surface area contributed by atoms with Crippen LogP contribution in [0.25, 0.3) is 0 Å². The third kappa shape index (κ3) is 1.99. The average Bonchev–Trinajstić information content (AvgIpc) is 2.38. The number of nitrogens with zero attached hydrogens (tertiary/aromatic N) is 1. The minimum Gasteiger partial charge on any atom is -0.260 e. The molecule has 1 aromatic heterocycles. The van der Waals surface area contributed by atoms with Gasteiger partial charge in [-0.1, -0.05) is 30.7 Å². The Bertz CT molecular complexity index is 601. The fourth-order valence-corrected chi connectivity index (χ4v) is 2.99. The van der Waals surface area contributed by atoms with E-state index in [9.17, 15) is 13.2 Å². The Hall–Kier alpha value is -1.84. The number of pyridine rings is 1. The number of halogens is 3. The molecule has 0 aliphatic heterocycles. The van der Waals surface area contributed by atoms with Crippen LogP contribution in [-0.4, -0.2) is 4.98 Å². The van der Waals surface area contributed by atoms with Crippen molar-refractivity contribution in [1.29, 1.82) is 0 Å². The molecule has 0 unspecified atom stereocenters. The zero-order chi connectivity index (χ0) is 14.2. The van der Waals surface area contributed by atoms with E-state index in [1.165, 1.54) is 12.1 Å². The van der Waals surface area contributed by atoms with Crippen LogP contribution < -0.4 is 0 Å². The molecule has 0 bridgehead atoms. The van der Waals surface area contributed by atoms with Gasteiger partial charge in [-0.05, 0) is 36.6 Å². The largest absolute Gasteiger partial charge is 0.416 e. The van der Waals surface area contributed by atoms with Crippen molar-refractivity contribution in [3.8, 4) is 0 Å². The lowest BCUT2D eigenvalue weighted by atomic mass is 9.61. The highest BCUT2D eigenvalue weighted by atomic mass is 19.4. The fraction of sp³-hybridized carbons (Fsp3) is 0.312. The first-order valence-electron chi connectivity index (χ1n) is 6.62. The van der Waals surface area contributed by atoms with Crippen molar-refractivity contribution in [3.63, 3.8) is 0 Å². The van der Waals surface area contributed by atoms with Crippen LogP contribution in [0.5, 0.6) is 0 Å². The summed E-state index contributed by atoms with van der Waals surface area (Å²) in [5.74, 6) is 0. The van der Waals surface area contributed by atoms with E-state index >= 15 is 0 Å². The lowest BCUT2D eigenvalue weighted by Crippen LogP contribution is -2.38. The van der Waals surface area contributed by atoms with Gasteiger partial charge in [0, 0.05) is 11.6 Å². The molecule has 0 spiro atoms. The molecular formula is C16H14F3N. The first-order chi connectivity index (χ1) is 9.54. The molecule has 0 atom stereocenters. The number of benzene rings is 1. The molecule has 1 saturated carbocycles. The zero-order valence-electron chi connectivity index (χ0n) is 10.8. The van der Waals surface area contributed by atoms with Gasteiger partial charge < -0.3 is 0 Å². The molecule has 3 rings (SSSR count). The Morgan fingerprint density at radius 1 is 0.950 bits per heavy atom. The minimum atomic E-state index is -4.33. The van der Waals surface area contributed by atoms with Gasteiger partial charge in [0.25, 0.3) is 0 Å². The van der Waals surface area contributed by atoms with Gasteiger partial charge in [-0.3, -0.25) is 4.98 Å². The van der Waals surface area contributed by atoms with Crippen LogP contribution >= 0.6 is 0 Å². The summed E-state index contributed by atoms with van der Waals surface area (Å²) in [6.07, 6.45) is -0.309. The van der Waals surface area contributed by atoms with Crippen LogP contribution in [0.15, 0.2) is 48.7 Å². The molecule has 1 heterocycles. The topological polar surface area (TPSA) is 12.9 Å². The smallest absolute Gasteiger partial charge is 0.260 e. The normalized spacial score (nSPS) is 17.6. The monoisotopic (exact) mass is 277 g/mol. The highest BCUT2D eigenvalue weighted by Gasteiger charge is 2.46. The number of aromatic nitrogens is 1. The van der Waals surface area contributed by atoms with E-state index in [1.807, 2.05) is 12.1 Å². The SMILES string of the molecule is FC(F)(F)c1ccccc1C1(c2ccccn2)CCC1. The second-order valence-corrected chi connectivity index (χ2v) is 5.19. The van der Waals surface area contributed by atoms with Gasteiger partial charge in [0.2, 0.25) is 0 Å². The van der Waals surface area contributed by atoms with Gasteiger partial charge in [-0.25, -0.2) is 0 Å². The summed E-state index contributed by atoms with van der Waals surface area (Å²) in [5, 5.41) is 0. The van der Waals surface area contributed by atoms with Gasteiger partial charge in [0.05, 0.1) is 11.3 Å². The van der Waals surface area contributed by atoms with Gasteiger partial charge in [0.15, 0.2) is 0 Å². The summed E-state index contributed by atoms with van der Waals surface area (Å²) in [6.45, 7) is 0. The quantitative estimate of drug-likeness (QED) is 0.783. The summed E-state index contributed by atoms with van der Waals surface area (Å²) in [7, 11) is 0. The van der Waals surface area contributed by atoms with Gasteiger partial charge >= 0.3 is 6.18 Å². The maximum Gasteiger partial charge on any atom is 0.416 e. The lowest BCUT2D eigenvalue weighted by Gasteiger charge is -2.43. The predicted molar refractivity (Wildman–Crippen MR) is 70.3 cm³/mol. The fourth-order valence-electron chi connectivity index (χ4n) is 2.99. The summed E-state index contributed by atoms with van der Waals surface area (Å²) < 4.78 is 39.7. The van der Waals surface area contributed by atoms with Crippen molar-refractivity contribution in [1.82, 2.24) is 4.98 Å². The minimum absolute atomic E-state index is 0.359. The third-order valence-corrected chi connectivity index (χ3v) is 4.11. The number of hydrogen-bond acceptors (Lipinski definition) is 1. The van der Waals surface area contributed by atoms with Gasteiger partial charge in [-0.15, -0.1) is 0 Å².